The normalized spacial score (nSPS) is 12.6. The monoisotopic (exact) mass is 284 g/mol. The smallest absolute Gasteiger partial charge is 0.236 e. The predicted octanol–water partition coefficient (Wildman–Crippen LogP) is 3.09. The van der Waals surface area contributed by atoms with Crippen LogP contribution in [-0.4, -0.2) is 19.0 Å². The lowest BCUT2D eigenvalue weighted by Crippen LogP contribution is -2.43. The molecule has 0 bridgehead atoms. The highest BCUT2D eigenvalue weighted by Gasteiger charge is 2.18. The van der Waals surface area contributed by atoms with Crippen LogP contribution in [0.15, 0.2) is 42.5 Å². The lowest BCUT2D eigenvalue weighted by atomic mass is 10.0. The quantitative estimate of drug-likeness (QED) is 0.856. The van der Waals surface area contributed by atoms with Crippen molar-refractivity contribution in [3.05, 3.63) is 48.0 Å². The lowest BCUT2D eigenvalue weighted by molar-refractivity contribution is -0.123. The first-order chi connectivity index (χ1) is 10.1. The van der Waals surface area contributed by atoms with Crippen LogP contribution < -0.4 is 10.6 Å². The van der Waals surface area contributed by atoms with Gasteiger partial charge in [0.1, 0.15) is 0 Å². The average molecular weight is 284 g/mol. The average Bonchev–Trinajstić information content (AvgIpc) is 2.50. The zero-order valence-electron chi connectivity index (χ0n) is 13.0. The van der Waals surface area contributed by atoms with E-state index in [1.54, 1.807) is 7.05 Å². The molecule has 0 aromatic heterocycles. The molecule has 3 heteroatoms. The van der Waals surface area contributed by atoms with E-state index in [0.717, 1.165) is 6.42 Å². The van der Waals surface area contributed by atoms with Crippen LogP contribution in [0.25, 0.3) is 10.8 Å². The summed E-state index contributed by atoms with van der Waals surface area (Å²) in [7, 11) is 1.69. The van der Waals surface area contributed by atoms with Gasteiger partial charge in [-0.15, -0.1) is 0 Å². The van der Waals surface area contributed by atoms with Crippen molar-refractivity contribution in [2.75, 3.05) is 7.05 Å². The zero-order chi connectivity index (χ0) is 15.2. The summed E-state index contributed by atoms with van der Waals surface area (Å²) < 4.78 is 0. The Balaban J connectivity index is 2.13. The summed E-state index contributed by atoms with van der Waals surface area (Å²) in [5.41, 5.74) is 1.23. The second kappa shape index (κ2) is 7.23. The molecule has 0 spiro atoms. The van der Waals surface area contributed by atoms with Crippen molar-refractivity contribution in [3.63, 3.8) is 0 Å². The molecule has 1 atom stereocenters. The third-order valence-corrected chi connectivity index (χ3v) is 3.69. The topological polar surface area (TPSA) is 41.1 Å². The number of carbonyl (C=O) groups excluding carboxylic acids is 1. The molecule has 2 N–H and O–H groups in total. The maximum absolute atomic E-state index is 12.0. The van der Waals surface area contributed by atoms with Gasteiger partial charge in [-0.2, -0.15) is 0 Å². The Morgan fingerprint density at radius 1 is 1.10 bits per heavy atom. The molecular formula is C18H24N2O. The van der Waals surface area contributed by atoms with Gasteiger partial charge >= 0.3 is 0 Å². The third kappa shape index (κ3) is 4.05. The van der Waals surface area contributed by atoms with Crippen molar-refractivity contribution >= 4 is 16.7 Å². The largest absolute Gasteiger partial charge is 0.358 e. The van der Waals surface area contributed by atoms with Crippen LogP contribution in [0.3, 0.4) is 0 Å². The van der Waals surface area contributed by atoms with Gasteiger partial charge in [0.15, 0.2) is 0 Å². The molecule has 112 valence electrons. The molecular weight excluding hydrogens is 260 g/mol. The van der Waals surface area contributed by atoms with E-state index in [1.807, 2.05) is 6.07 Å². The SMILES string of the molecule is CNC(=O)C(CC(C)C)NCc1cccc2ccccc12. The van der Waals surface area contributed by atoms with Gasteiger partial charge in [-0.1, -0.05) is 56.3 Å². The van der Waals surface area contributed by atoms with E-state index in [1.165, 1.54) is 16.3 Å². The molecule has 3 nitrogen and oxygen atoms in total. The first-order valence-corrected chi connectivity index (χ1v) is 7.53. The molecule has 2 rings (SSSR count). The first-order valence-electron chi connectivity index (χ1n) is 7.53. The molecule has 0 aliphatic carbocycles. The highest BCUT2D eigenvalue weighted by molar-refractivity contribution is 5.86. The van der Waals surface area contributed by atoms with E-state index in [9.17, 15) is 4.79 Å². The van der Waals surface area contributed by atoms with Crippen LogP contribution >= 0.6 is 0 Å². The summed E-state index contributed by atoms with van der Waals surface area (Å²) in [5, 5.41) is 8.62. The highest BCUT2D eigenvalue weighted by atomic mass is 16.2. The van der Waals surface area contributed by atoms with E-state index in [-0.39, 0.29) is 11.9 Å². The maximum Gasteiger partial charge on any atom is 0.236 e. The van der Waals surface area contributed by atoms with E-state index < -0.39 is 0 Å². The van der Waals surface area contributed by atoms with Crippen LogP contribution in [0, 0.1) is 5.92 Å². The fourth-order valence-electron chi connectivity index (χ4n) is 2.61. The Morgan fingerprint density at radius 2 is 1.81 bits per heavy atom. The molecule has 21 heavy (non-hydrogen) atoms. The molecule has 0 fully saturated rings. The number of likely N-dealkylation sites (N-methyl/N-ethyl adjacent to an activating group) is 1. The summed E-state index contributed by atoms with van der Waals surface area (Å²) in [5.74, 6) is 0.538. The van der Waals surface area contributed by atoms with Crippen molar-refractivity contribution in [1.29, 1.82) is 0 Å². The zero-order valence-corrected chi connectivity index (χ0v) is 13.0. The van der Waals surface area contributed by atoms with Gasteiger partial charge in [-0.25, -0.2) is 0 Å². The Bertz CT molecular complexity index is 602. The van der Waals surface area contributed by atoms with Gasteiger partial charge in [0, 0.05) is 13.6 Å². The van der Waals surface area contributed by atoms with Gasteiger partial charge in [0.05, 0.1) is 6.04 Å². The summed E-state index contributed by atoms with van der Waals surface area (Å²) in [6.45, 7) is 4.97. The fourth-order valence-corrected chi connectivity index (χ4v) is 2.61. The van der Waals surface area contributed by atoms with Gasteiger partial charge in [-0.05, 0) is 28.7 Å². The van der Waals surface area contributed by atoms with Crippen LogP contribution in [0.1, 0.15) is 25.8 Å². The molecule has 0 heterocycles. The summed E-state index contributed by atoms with van der Waals surface area (Å²) in [6.07, 6.45) is 0.838. The second-order valence-corrected chi connectivity index (χ2v) is 5.82. The van der Waals surface area contributed by atoms with Crippen LogP contribution in [-0.2, 0) is 11.3 Å². The Labute approximate surface area is 126 Å². The molecule has 1 amide bonds. The van der Waals surface area contributed by atoms with Crippen molar-refractivity contribution in [1.82, 2.24) is 10.6 Å². The second-order valence-electron chi connectivity index (χ2n) is 5.82. The summed E-state index contributed by atoms with van der Waals surface area (Å²) >= 11 is 0. The molecule has 0 radical (unpaired) electrons. The van der Waals surface area contributed by atoms with Crippen LogP contribution in [0.4, 0.5) is 0 Å². The van der Waals surface area contributed by atoms with E-state index in [0.29, 0.717) is 12.5 Å². The number of hydrogen-bond donors (Lipinski definition) is 2. The van der Waals surface area contributed by atoms with E-state index in [2.05, 4.69) is 60.9 Å². The minimum absolute atomic E-state index is 0.0592. The molecule has 0 saturated carbocycles. The lowest BCUT2D eigenvalue weighted by Gasteiger charge is -2.19. The standard InChI is InChI=1S/C18H24N2O/c1-13(2)11-17(18(21)19-3)20-12-15-9-6-8-14-7-4-5-10-16(14)15/h4-10,13,17,20H,11-12H2,1-3H3,(H,19,21). The molecule has 0 aliphatic heterocycles. The van der Waals surface area contributed by atoms with E-state index >= 15 is 0 Å². The molecule has 0 saturated heterocycles. The molecule has 2 aromatic carbocycles. The summed E-state index contributed by atoms with van der Waals surface area (Å²) in [6, 6.07) is 14.5. The highest BCUT2D eigenvalue weighted by Crippen LogP contribution is 2.18. The number of amides is 1. The maximum atomic E-state index is 12.0. The predicted molar refractivity (Wildman–Crippen MR) is 88.1 cm³/mol. The number of carbonyl (C=O) groups is 1. The Hall–Kier alpha value is -1.87. The van der Waals surface area contributed by atoms with Gasteiger partial charge < -0.3 is 10.6 Å². The van der Waals surface area contributed by atoms with Crippen LogP contribution in [0.5, 0.6) is 0 Å². The first kappa shape index (κ1) is 15.5. The third-order valence-electron chi connectivity index (χ3n) is 3.69. The van der Waals surface area contributed by atoms with Gasteiger partial charge in [0.25, 0.3) is 0 Å². The van der Waals surface area contributed by atoms with Crippen molar-refractivity contribution < 1.29 is 4.79 Å². The van der Waals surface area contributed by atoms with Crippen molar-refractivity contribution in [3.8, 4) is 0 Å². The number of nitrogens with one attached hydrogen (secondary N) is 2. The molecule has 2 aromatic rings. The van der Waals surface area contributed by atoms with Crippen molar-refractivity contribution in [2.24, 2.45) is 5.92 Å². The Morgan fingerprint density at radius 3 is 2.52 bits per heavy atom. The number of fused-ring (bicyclic) bond motifs is 1. The Kier molecular flexibility index (Phi) is 5.34. The van der Waals surface area contributed by atoms with Crippen molar-refractivity contribution in [2.45, 2.75) is 32.9 Å². The minimum atomic E-state index is -0.144. The number of rotatable bonds is 6. The van der Waals surface area contributed by atoms with Gasteiger partial charge in [0.2, 0.25) is 5.91 Å². The minimum Gasteiger partial charge on any atom is -0.358 e. The van der Waals surface area contributed by atoms with E-state index in [4.69, 9.17) is 0 Å². The fraction of sp³-hybridized carbons (Fsp3) is 0.389. The number of benzene rings is 2. The van der Waals surface area contributed by atoms with Gasteiger partial charge in [-0.3, -0.25) is 4.79 Å². The van der Waals surface area contributed by atoms with Crippen LogP contribution in [0.2, 0.25) is 0 Å². The summed E-state index contributed by atoms with van der Waals surface area (Å²) in [4.78, 5) is 12.0. The molecule has 1 unspecified atom stereocenters. The molecule has 0 aliphatic rings. The number of hydrogen-bond acceptors (Lipinski definition) is 2.